The molecule has 1 aliphatic heterocycles. The van der Waals surface area contributed by atoms with E-state index in [2.05, 4.69) is 29.8 Å². The zero-order chi connectivity index (χ0) is 16.0. The van der Waals surface area contributed by atoms with Gasteiger partial charge in [0.2, 0.25) is 0 Å². The summed E-state index contributed by atoms with van der Waals surface area (Å²) in [4.78, 5) is 13.4. The van der Waals surface area contributed by atoms with Crippen LogP contribution in [0.15, 0.2) is 21.5 Å². The van der Waals surface area contributed by atoms with Crippen molar-refractivity contribution in [2.75, 3.05) is 13.1 Å². The van der Waals surface area contributed by atoms with E-state index in [0.717, 1.165) is 18.6 Å². The first-order valence-electron chi connectivity index (χ1n) is 6.24. The number of nitrogens with zero attached hydrogens (tertiary/aromatic N) is 1. The lowest BCUT2D eigenvalue weighted by Crippen LogP contribution is -2.30. The van der Waals surface area contributed by atoms with Crippen LogP contribution in [-0.2, 0) is 9.05 Å². The van der Waals surface area contributed by atoms with Crippen LogP contribution in [-0.4, -0.2) is 32.3 Å². The van der Waals surface area contributed by atoms with Gasteiger partial charge in [-0.25, -0.2) is 12.8 Å². The summed E-state index contributed by atoms with van der Waals surface area (Å²) in [6.45, 7) is 5.25. The Hall–Kier alpha value is -0.660. The minimum absolute atomic E-state index is 0.0174. The Labute approximate surface area is 135 Å². The minimum Gasteiger partial charge on any atom is -0.338 e. The zero-order valence-electron chi connectivity index (χ0n) is 11.5. The Morgan fingerprint density at radius 3 is 2.52 bits per heavy atom. The molecule has 0 N–H and O–H groups in total. The van der Waals surface area contributed by atoms with Crippen molar-refractivity contribution < 1.29 is 17.6 Å². The summed E-state index contributed by atoms with van der Waals surface area (Å²) in [6, 6.07) is 1.93. The third kappa shape index (κ3) is 3.57. The minimum atomic E-state index is -4.25. The first kappa shape index (κ1) is 16.7. The Kier molecular flexibility index (Phi) is 4.39. The van der Waals surface area contributed by atoms with Crippen molar-refractivity contribution in [2.45, 2.75) is 25.2 Å². The summed E-state index contributed by atoms with van der Waals surface area (Å²) < 4.78 is 36.6. The van der Waals surface area contributed by atoms with Crippen LogP contribution in [0.2, 0.25) is 0 Å². The second-order valence-corrected chi connectivity index (χ2v) is 9.23. The predicted molar refractivity (Wildman–Crippen MR) is 81.4 cm³/mol. The molecule has 0 aliphatic carbocycles. The Morgan fingerprint density at radius 1 is 1.43 bits per heavy atom. The van der Waals surface area contributed by atoms with E-state index in [9.17, 15) is 17.6 Å². The summed E-state index contributed by atoms with van der Waals surface area (Å²) >= 11 is 3.10. The molecule has 1 aliphatic rings. The van der Waals surface area contributed by atoms with Crippen LogP contribution in [0.3, 0.4) is 0 Å². The number of halogens is 3. The summed E-state index contributed by atoms with van der Waals surface area (Å²) in [5, 5.41) is 0. The van der Waals surface area contributed by atoms with E-state index in [4.69, 9.17) is 10.7 Å². The molecule has 1 amide bonds. The average molecular weight is 399 g/mol. The molecule has 8 heteroatoms. The molecule has 0 atom stereocenters. The number of carbonyl (C=O) groups excluding carboxylic acids is 1. The van der Waals surface area contributed by atoms with Crippen LogP contribution in [0.4, 0.5) is 4.39 Å². The first-order valence-corrected chi connectivity index (χ1v) is 9.34. The van der Waals surface area contributed by atoms with Crippen LogP contribution in [0.5, 0.6) is 0 Å². The highest BCUT2D eigenvalue weighted by Crippen LogP contribution is 2.32. The van der Waals surface area contributed by atoms with Crippen LogP contribution in [0.25, 0.3) is 0 Å². The lowest BCUT2D eigenvalue weighted by Gasteiger charge is -2.20. The summed E-state index contributed by atoms with van der Waals surface area (Å²) in [7, 11) is 0.943. The van der Waals surface area contributed by atoms with Gasteiger partial charge in [0.15, 0.2) is 0 Å². The molecule has 116 valence electrons. The average Bonchev–Trinajstić information content (AvgIpc) is 2.67. The lowest BCUT2D eigenvalue weighted by molar-refractivity contribution is 0.0777. The number of likely N-dealkylation sites (tertiary alicyclic amines) is 1. The lowest BCUT2D eigenvalue weighted by atomic mass is 9.93. The third-order valence-corrected chi connectivity index (χ3v) is 5.47. The van der Waals surface area contributed by atoms with Gasteiger partial charge in [0.25, 0.3) is 15.0 Å². The molecule has 0 unspecified atom stereocenters. The van der Waals surface area contributed by atoms with E-state index in [1.807, 2.05) is 0 Å². The molecule has 21 heavy (non-hydrogen) atoms. The standard InChI is InChI=1S/C13H14BrClFNO3S/c1-13(2)3-4-17(7-13)12(18)8-5-11(21(15,19)20)10(16)6-9(8)14/h5-6H,3-4,7H2,1-2H3. The molecule has 1 aromatic carbocycles. The number of amides is 1. The maximum absolute atomic E-state index is 13.7. The maximum atomic E-state index is 13.7. The van der Waals surface area contributed by atoms with Crippen LogP contribution < -0.4 is 0 Å². The van der Waals surface area contributed by atoms with E-state index in [0.29, 0.717) is 13.1 Å². The first-order chi connectivity index (χ1) is 9.51. The third-order valence-electron chi connectivity index (χ3n) is 3.48. The highest BCUT2D eigenvalue weighted by Gasteiger charge is 2.33. The number of hydrogen-bond acceptors (Lipinski definition) is 3. The molecular formula is C13H14BrClFNO3S. The smallest absolute Gasteiger partial charge is 0.264 e. The number of benzene rings is 1. The molecule has 0 saturated carbocycles. The zero-order valence-corrected chi connectivity index (χ0v) is 14.6. The normalized spacial score (nSPS) is 18.0. The van der Waals surface area contributed by atoms with Gasteiger partial charge >= 0.3 is 0 Å². The van der Waals surface area contributed by atoms with Crippen molar-refractivity contribution >= 4 is 41.6 Å². The quantitative estimate of drug-likeness (QED) is 0.718. The second kappa shape index (κ2) is 5.52. The molecular weight excluding hydrogens is 385 g/mol. The van der Waals surface area contributed by atoms with Crippen molar-refractivity contribution in [3.05, 3.63) is 28.0 Å². The highest BCUT2D eigenvalue weighted by atomic mass is 79.9. The molecule has 1 saturated heterocycles. The summed E-state index contributed by atoms with van der Waals surface area (Å²) in [6.07, 6.45) is 0.859. The van der Waals surface area contributed by atoms with Gasteiger partial charge in [-0.05, 0) is 39.9 Å². The predicted octanol–water partition coefficient (Wildman–Crippen LogP) is 3.39. The maximum Gasteiger partial charge on any atom is 0.264 e. The van der Waals surface area contributed by atoms with Crippen LogP contribution >= 0.6 is 26.6 Å². The van der Waals surface area contributed by atoms with Gasteiger partial charge in [-0.15, -0.1) is 0 Å². The van der Waals surface area contributed by atoms with E-state index in [-0.39, 0.29) is 21.4 Å². The number of carbonyl (C=O) groups is 1. The summed E-state index contributed by atoms with van der Waals surface area (Å²) in [5.74, 6) is -1.33. The van der Waals surface area contributed by atoms with Crippen LogP contribution in [0, 0.1) is 11.2 Å². The van der Waals surface area contributed by atoms with Gasteiger partial charge in [0, 0.05) is 28.2 Å². The van der Waals surface area contributed by atoms with Gasteiger partial charge in [0.1, 0.15) is 10.7 Å². The fraction of sp³-hybridized carbons (Fsp3) is 0.462. The van der Waals surface area contributed by atoms with E-state index in [1.165, 1.54) is 0 Å². The van der Waals surface area contributed by atoms with E-state index in [1.54, 1.807) is 4.90 Å². The monoisotopic (exact) mass is 397 g/mol. The van der Waals surface area contributed by atoms with Crippen LogP contribution in [0.1, 0.15) is 30.6 Å². The Balaban J connectivity index is 2.43. The highest BCUT2D eigenvalue weighted by molar-refractivity contribution is 9.10. The summed E-state index contributed by atoms with van der Waals surface area (Å²) in [5.41, 5.74) is 0.108. The Morgan fingerprint density at radius 2 is 2.05 bits per heavy atom. The molecule has 1 heterocycles. The number of hydrogen-bond donors (Lipinski definition) is 0. The van der Waals surface area contributed by atoms with E-state index < -0.39 is 19.8 Å². The van der Waals surface area contributed by atoms with Crippen molar-refractivity contribution in [1.82, 2.24) is 4.90 Å². The topological polar surface area (TPSA) is 54.5 Å². The van der Waals surface area contributed by atoms with E-state index >= 15 is 0 Å². The molecule has 2 rings (SSSR count). The van der Waals surface area contributed by atoms with Crippen molar-refractivity contribution in [1.29, 1.82) is 0 Å². The Bertz CT molecular complexity index is 706. The molecule has 1 aromatic rings. The number of rotatable bonds is 2. The molecule has 4 nitrogen and oxygen atoms in total. The van der Waals surface area contributed by atoms with Crippen molar-refractivity contribution in [2.24, 2.45) is 5.41 Å². The van der Waals surface area contributed by atoms with Gasteiger partial charge in [-0.1, -0.05) is 13.8 Å². The van der Waals surface area contributed by atoms with Crippen molar-refractivity contribution in [3.8, 4) is 0 Å². The fourth-order valence-electron chi connectivity index (χ4n) is 2.34. The van der Waals surface area contributed by atoms with Crippen molar-refractivity contribution in [3.63, 3.8) is 0 Å². The SMILES string of the molecule is CC1(C)CCN(C(=O)c2cc(S(=O)(=O)Cl)c(F)cc2Br)C1. The fourth-order valence-corrected chi connectivity index (χ4v) is 3.73. The molecule has 0 aromatic heterocycles. The molecule has 0 radical (unpaired) electrons. The van der Waals surface area contributed by atoms with Gasteiger partial charge in [-0.2, -0.15) is 0 Å². The van der Waals surface area contributed by atoms with Gasteiger partial charge in [0.05, 0.1) is 5.56 Å². The van der Waals surface area contributed by atoms with Gasteiger partial charge < -0.3 is 4.90 Å². The second-order valence-electron chi connectivity index (χ2n) is 5.84. The largest absolute Gasteiger partial charge is 0.338 e. The van der Waals surface area contributed by atoms with Gasteiger partial charge in [-0.3, -0.25) is 4.79 Å². The molecule has 0 bridgehead atoms. The molecule has 1 fully saturated rings. The molecule has 0 spiro atoms.